The van der Waals surface area contributed by atoms with Crippen molar-refractivity contribution in [3.63, 3.8) is 0 Å². The van der Waals surface area contributed by atoms with Crippen LogP contribution in [0.5, 0.6) is 5.75 Å². The predicted molar refractivity (Wildman–Crippen MR) is 123 cm³/mol. The highest BCUT2D eigenvalue weighted by molar-refractivity contribution is 7.89. The molecule has 1 atom stereocenters. The lowest BCUT2D eigenvalue weighted by Gasteiger charge is -2.29. The lowest BCUT2D eigenvalue weighted by atomic mass is 9.76. The summed E-state index contributed by atoms with van der Waals surface area (Å²) in [6, 6.07) is 10.6. The van der Waals surface area contributed by atoms with Crippen molar-refractivity contribution < 1.29 is 22.3 Å². The van der Waals surface area contributed by atoms with E-state index in [1.165, 1.54) is 6.07 Å². The van der Waals surface area contributed by atoms with E-state index in [4.69, 9.17) is 4.74 Å². The number of hydrogen-bond donors (Lipinski definition) is 1. The fourth-order valence-corrected chi connectivity index (χ4v) is 5.16. The van der Waals surface area contributed by atoms with Crippen molar-refractivity contribution in [2.24, 2.45) is 0 Å². The normalized spacial score (nSPS) is 18.2. The Hall–Kier alpha value is -2.41. The molecule has 1 N–H and O–H groups in total. The number of ether oxygens (including phenoxy) is 1. The minimum absolute atomic E-state index is 0.131. The first-order valence-corrected chi connectivity index (χ1v) is 13.2. The molecule has 1 amide bonds. The van der Waals surface area contributed by atoms with Crippen molar-refractivity contribution in [3.8, 4) is 16.9 Å². The second-order valence-electron chi connectivity index (χ2n) is 9.07. The number of nitrogens with one attached hydrogen (secondary N) is 1. The molecule has 0 saturated heterocycles. The summed E-state index contributed by atoms with van der Waals surface area (Å²) in [5.74, 6) is -0.638. The lowest BCUT2D eigenvalue weighted by molar-refractivity contribution is -0.120. The van der Waals surface area contributed by atoms with Gasteiger partial charge in [0.15, 0.2) is 0 Å². The highest BCUT2D eigenvalue weighted by atomic mass is 32.2. The Bertz CT molecular complexity index is 1100. The van der Waals surface area contributed by atoms with Crippen molar-refractivity contribution >= 4 is 15.9 Å². The Morgan fingerprint density at radius 1 is 1.06 bits per heavy atom. The van der Waals surface area contributed by atoms with Gasteiger partial charge in [-0.2, -0.15) is 0 Å². The summed E-state index contributed by atoms with van der Waals surface area (Å²) in [7, 11) is -3.66. The standard InChI is InChI=1S/C25H30FNO4S/c1-16(25(28)27-32(2,29)30)18-13-14-23(31-19-9-3-4-10-19)21(15-18)20-11-6-12-22(26)24(20)17-7-5-8-17/h6,11-17,19H,3-5,7-10H2,1-2H3,(H,27,28)/t16-/m1/s1. The molecule has 5 nitrogen and oxygen atoms in total. The number of rotatable bonds is 7. The van der Waals surface area contributed by atoms with Gasteiger partial charge in [-0.05, 0) is 86.3 Å². The van der Waals surface area contributed by atoms with Crippen LogP contribution in [0.3, 0.4) is 0 Å². The number of benzene rings is 2. The minimum Gasteiger partial charge on any atom is -0.490 e. The van der Waals surface area contributed by atoms with E-state index in [1.54, 1.807) is 19.1 Å². The molecule has 4 rings (SSSR count). The van der Waals surface area contributed by atoms with Gasteiger partial charge in [-0.1, -0.05) is 24.6 Å². The van der Waals surface area contributed by atoms with Crippen LogP contribution in [0.2, 0.25) is 0 Å². The smallest absolute Gasteiger partial charge is 0.240 e. The first-order valence-electron chi connectivity index (χ1n) is 11.3. The van der Waals surface area contributed by atoms with Crippen molar-refractivity contribution in [1.82, 2.24) is 4.72 Å². The maximum absolute atomic E-state index is 14.9. The van der Waals surface area contributed by atoms with Gasteiger partial charge in [-0.25, -0.2) is 12.8 Å². The van der Waals surface area contributed by atoms with Crippen LogP contribution in [-0.2, 0) is 14.8 Å². The molecule has 7 heteroatoms. The maximum Gasteiger partial charge on any atom is 0.240 e. The molecule has 0 unspecified atom stereocenters. The van der Waals surface area contributed by atoms with Crippen LogP contribution in [0.25, 0.3) is 11.1 Å². The number of amides is 1. The molecule has 172 valence electrons. The number of halogens is 1. The maximum atomic E-state index is 14.9. The molecule has 0 heterocycles. The Morgan fingerprint density at radius 2 is 1.78 bits per heavy atom. The highest BCUT2D eigenvalue weighted by Gasteiger charge is 2.28. The largest absolute Gasteiger partial charge is 0.490 e. The Labute approximate surface area is 189 Å². The third-order valence-corrected chi connectivity index (χ3v) is 7.21. The minimum atomic E-state index is -3.66. The summed E-state index contributed by atoms with van der Waals surface area (Å²) >= 11 is 0. The van der Waals surface area contributed by atoms with Gasteiger partial charge in [0.25, 0.3) is 0 Å². The molecule has 0 aromatic heterocycles. The van der Waals surface area contributed by atoms with Crippen LogP contribution < -0.4 is 9.46 Å². The van der Waals surface area contributed by atoms with Gasteiger partial charge in [0.1, 0.15) is 11.6 Å². The van der Waals surface area contributed by atoms with Crippen LogP contribution in [0.4, 0.5) is 4.39 Å². The molecule has 0 spiro atoms. The molecule has 2 aromatic rings. The first-order chi connectivity index (χ1) is 15.2. The molecule has 2 aromatic carbocycles. The monoisotopic (exact) mass is 459 g/mol. The molecule has 32 heavy (non-hydrogen) atoms. The van der Waals surface area contributed by atoms with Crippen LogP contribution in [0.15, 0.2) is 36.4 Å². The summed E-state index contributed by atoms with van der Waals surface area (Å²) < 4.78 is 46.4. The molecule has 0 bridgehead atoms. The van der Waals surface area contributed by atoms with E-state index >= 15 is 0 Å². The number of carbonyl (C=O) groups excluding carboxylic acids is 1. The third-order valence-electron chi connectivity index (χ3n) is 6.64. The summed E-state index contributed by atoms with van der Waals surface area (Å²) in [6.45, 7) is 1.66. The predicted octanol–water partition coefficient (Wildman–Crippen LogP) is 5.26. The van der Waals surface area contributed by atoms with Gasteiger partial charge in [-0.3, -0.25) is 9.52 Å². The lowest BCUT2D eigenvalue weighted by Crippen LogP contribution is -2.32. The molecule has 2 aliphatic rings. The van der Waals surface area contributed by atoms with Crippen LogP contribution in [0.1, 0.15) is 74.8 Å². The summed E-state index contributed by atoms with van der Waals surface area (Å²) in [5.41, 5.74) is 2.92. The van der Waals surface area contributed by atoms with E-state index in [2.05, 4.69) is 0 Å². The third kappa shape index (κ3) is 4.98. The van der Waals surface area contributed by atoms with Gasteiger partial charge in [-0.15, -0.1) is 0 Å². The molecular weight excluding hydrogens is 429 g/mol. The average molecular weight is 460 g/mol. The van der Waals surface area contributed by atoms with E-state index in [-0.39, 0.29) is 17.8 Å². The Morgan fingerprint density at radius 3 is 2.41 bits per heavy atom. The quantitative estimate of drug-likeness (QED) is 0.613. The molecule has 2 fully saturated rings. The first kappa shape index (κ1) is 22.8. The summed E-state index contributed by atoms with van der Waals surface area (Å²) in [6.07, 6.45) is 8.35. The van der Waals surface area contributed by atoms with Crippen molar-refractivity contribution in [2.45, 2.75) is 69.8 Å². The Kier molecular flexibility index (Phi) is 6.56. The zero-order chi connectivity index (χ0) is 22.9. The van der Waals surface area contributed by atoms with E-state index in [0.717, 1.165) is 62.3 Å². The number of sulfonamides is 1. The molecule has 2 aliphatic carbocycles. The van der Waals surface area contributed by atoms with Gasteiger partial charge in [0.05, 0.1) is 18.3 Å². The molecule has 2 saturated carbocycles. The van der Waals surface area contributed by atoms with Crippen molar-refractivity contribution in [3.05, 3.63) is 53.3 Å². The van der Waals surface area contributed by atoms with Gasteiger partial charge >= 0.3 is 0 Å². The van der Waals surface area contributed by atoms with Gasteiger partial charge < -0.3 is 4.74 Å². The zero-order valence-electron chi connectivity index (χ0n) is 18.6. The highest BCUT2D eigenvalue weighted by Crippen LogP contribution is 2.45. The second-order valence-corrected chi connectivity index (χ2v) is 10.8. The number of carbonyl (C=O) groups is 1. The van der Waals surface area contributed by atoms with Crippen molar-refractivity contribution in [2.75, 3.05) is 6.26 Å². The summed E-state index contributed by atoms with van der Waals surface area (Å²) in [5, 5.41) is 0. The molecular formula is C25H30FNO4S. The fraction of sp³-hybridized carbons (Fsp3) is 0.480. The SMILES string of the molecule is C[C@@H](C(=O)NS(C)(=O)=O)c1ccc(OC2CCCC2)c(-c2cccc(F)c2C2CCC2)c1. The molecule has 0 aliphatic heterocycles. The van der Waals surface area contributed by atoms with Crippen molar-refractivity contribution in [1.29, 1.82) is 0 Å². The molecule has 0 radical (unpaired) electrons. The second kappa shape index (κ2) is 9.22. The van der Waals surface area contributed by atoms with Gasteiger partial charge in [0, 0.05) is 5.56 Å². The van der Waals surface area contributed by atoms with Crippen LogP contribution in [0, 0.1) is 5.82 Å². The van der Waals surface area contributed by atoms with E-state index in [1.807, 2.05) is 22.9 Å². The van der Waals surface area contributed by atoms with Gasteiger partial charge in [0.2, 0.25) is 15.9 Å². The summed E-state index contributed by atoms with van der Waals surface area (Å²) in [4.78, 5) is 12.5. The fourth-order valence-electron chi connectivity index (χ4n) is 4.62. The zero-order valence-corrected chi connectivity index (χ0v) is 19.4. The van der Waals surface area contributed by atoms with E-state index < -0.39 is 21.8 Å². The van der Waals surface area contributed by atoms with E-state index in [0.29, 0.717) is 16.9 Å². The van der Waals surface area contributed by atoms with E-state index in [9.17, 15) is 17.6 Å². The topological polar surface area (TPSA) is 72.5 Å². The average Bonchev–Trinajstić information content (AvgIpc) is 3.20. The van der Waals surface area contributed by atoms with Crippen LogP contribution in [-0.4, -0.2) is 26.7 Å². The number of hydrogen-bond acceptors (Lipinski definition) is 4. The Balaban J connectivity index is 1.77. The van der Waals surface area contributed by atoms with Crippen LogP contribution >= 0.6 is 0 Å².